The molecule has 0 aromatic carbocycles. The Hall–Kier alpha value is -2.10. The number of hydrogen-bond donors (Lipinski definition) is 2. The lowest BCUT2D eigenvalue weighted by atomic mass is 10.3. The molecule has 0 unspecified atom stereocenters. The van der Waals surface area contributed by atoms with E-state index in [0.29, 0.717) is 0 Å². The normalized spacial score (nSPS) is 10.4. The van der Waals surface area contributed by atoms with Crippen molar-refractivity contribution < 1.29 is 9.13 Å². The molecule has 4 N–H and O–H groups in total. The topological polar surface area (TPSA) is 59.8 Å². The maximum absolute atomic E-state index is 5.88. The molecule has 0 aliphatic carbocycles. The molecule has 0 saturated carbocycles. The van der Waals surface area contributed by atoms with Crippen LogP contribution in [0.3, 0.4) is 0 Å². The van der Waals surface area contributed by atoms with Gasteiger partial charge in [-0.05, 0) is 25.0 Å². The van der Waals surface area contributed by atoms with E-state index in [2.05, 4.69) is 9.13 Å². The van der Waals surface area contributed by atoms with Crippen LogP contribution in [0.4, 0.5) is 11.6 Å². The number of aromatic nitrogens is 2. The summed E-state index contributed by atoms with van der Waals surface area (Å²) in [5.41, 5.74) is 11.8. The number of pyridine rings is 2. The number of hydrogen-bond acceptors (Lipinski definition) is 2. The fourth-order valence-corrected chi connectivity index (χ4v) is 1.95. The van der Waals surface area contributed by atoms with Gasteiger partial charge in [0.2, 0.25) is 0 Å². The van der Waals surface area contributed by atoms with Gasteiger partial charge in [-0.2, -0.15) is 0 Å². The third-order valence-corrected chi connectivity index (χ3v) is 3.00. The molecular weight excluding hydrogens is 224 g/mol. The lowest BCUT2D eigenvalue weighted by Gasteiger charge is -2.04. The van der Waals surface area contributed by atoms with Gasteiger partial charge in [0.1, 0.15) is 0 Å². The first kappa shape index (κ1) is 12.4. The Morgan fingerprint density at radius 1 is 0.722 bits per heavy atom. The van der Waals surface area contributed by atoms with Gasteiger partial charge in [-0.15, -0.1) is 0 Å². The van der Waals surface area contributed by atoms with Crippen LogP contribution in [0.2, 0.25) is 0 Å². The maximum atomic E-state index is 5.88. The second-order valence-corrected chi connectivity index (χ2v) is 4.34. The number of nitrogen functional groups attached to an aromatic ring is 2. The highest BCUT2D eigenvalue weighted by atomic mass is 15.0. The van der Waals surface area contributed by atoms with E-state index >= 15 is 0 Å². The van der Waals surface area contributed by atoms with Crippen molar-refractivity contribution >= 4 is 11.6 Å². The average Bonchev–Trinajstić information content (AvgIpc) is 2.38. The quantitative estimate of drug-likeness (QED) is 0.606. The summed E-state index contributed by atoms with van der Waals surface area (Å²) in [6, 6.07) is 11.7. The summed E-state index contributed by atoms with van der Waals surface area (Å²) in [4.78, 5) is 0. The average molecular weight is 244 g/mol. The van der Waals surface area contributed by atoms with Crippen LogP contribution in [-0.4, -0.2) is 0 Å². The number of unbranched alkanes of at least 4 members (excludes halogenated alkanes) is 1. The van der Waals surface area contributed by atoms with Gasteiger partial charge in [0.25, 0.3) is 11.6 Å². The van der Waals surface area contributed by atoms with Gasteiger partial charge in [0.05, 0.1) is 25.5 Å². The Labute approximate surface area is 107 Å². The molecule has 0 atom stereocenters. The van der Waals surface area contributed by atoms with Gasteiger partial charge >= 0.3 is 0 Å². The van der Waals surface area contributed by atoms with E-state index in [1.807, 2.05) is 48.8 Å². The zero-order valence-corrected chi connectivity index (χ0v) is 10.5. The smallest absolute Gasteiger partial charge is 0.272 e. The van der Waals surface area contributed by atoms with E-state index in [4.69, 9.17) is 11.5 Å². The molecule has 0 aliphatic heterocycles. The van der Waals surface area contributed by atoms with E-state index < -0.39 is 0 Å². The first-order valence-corrected chi connectivity index (χ1v) is 6.25. The molecule has 0 fully saturated rings. The molecule has 18 heavy (non-hydrogen) atoms. The fourth-order valence-electron chi connectivity index (χ4n) is 1.95. The summed E-state index contributed by atoms with van der Waals surface area (Å²) < 4.78 is 4.14. The number of nitrogens with two attached hydrogens (primary N) is 2. The zero-order valence-electron chi connectivity index (χ0n) is 10.5. The van der Waals surface area contributed by atoms with E-state index in [-0.39, 0.29) is 0 Å². The molecule has 2 heterocycles. The fraction of sp³-hybridized carbons (Fsp3) is 0.286. The molecule has 4 heteroatoms. The van der Waals surface area contributed by atoms with E-state index in [1.54, 1.807) is 0 Å². The second-order valence-electron chi connectivity index (χ2n) is 4.34. The van der Waals surface area contributed by atoms with Gasteiger partial charge in [-0.1, -0.05) is 12.1 Å². The Balaban J connectivity index is 1.80. The highest BCUT2D eigenvalue weighted by Crippen LogP contribution is 1.97. The van der Waals surface area contributed by atoms with Crippen molar-refractivity contribution in [2.24, 2.45) is 0 Å². The van der Waals surface area contributed by atoms with Crippen LogP contribution in [0.1, 0.15) is 12.8 Å². The maximum Gasteiger partial charge on any atom is 0.272 e. The summed E-state index contributed by atoms with van der Waals surface area (Å²) in [6.45, 7) is 1.89. The van der Waals surface area contributed by atoms with Crippen LogP contribution in [0.25, 0.3) is 0 Å². The number of anilines is 2. The van der Waals surface area contributed by atoms with Crippen molar-refractivity contribution in [3.63, 3.8) is 0 Å². The first-order chi connectivity index (χ1) is 8.77. The molecule has 2 aromatic rings. The van der Waals surface area contributed by atoms with E-state index in [0.717, 1.165) is 37.6 Å². The van der Waals surface area contributed by atoms with Crippen LogP contribution < -0.4 is 20.6 Å². The standard InChI is InChI=1S/C14H18N4/c15-13-7-1-3-9-17(13)11-5-6-12-18-10-4-2-8-14(18)16/h1-4,7-10,15-16H,5-6,11-12H2/p+2. The SMILES string of the molecule is Nc1cccc[n+]1CCCC[n+]1ccccc1N. The van der Waals surface area contributed by atoms with Gasteiger partial charge < -0.3 is 0 Å². The van der Waals surface area contributed by atoms with Crippen LogP contribution in [0.15, 0.2) is 48.8 Å². The Bertz CT molecular complexity index is 463. The van der Waals surface area contributed by atoms with Crippen LogP contribution in [-0.2, 0) is 13.1 Å². The van der Waals surface area contributed by atoms with Crippen molar-refractivity contribution in [2.45, 2.75) is 25.9 Å². The molecule has 2 rings (SSSR count). The lowest BCUT2D eigenvalue weighted by molar-refractivity contribution is -0.694. The summed E-state index contributed by atoms with van der Waals surface area (Å²) in [6.07, 6.45) is 6.19. The van der Waals surface area contributed by atoms with E-state index in [1.165, 1.54) is 0 Å². The number of rotatable bonds is 5. The van der Waals surface area contributed by atoms with Crippen LogP contribution in [0.5, 0.6) is 0 Å². The third kappa shape index (κ3) is 3.20. The minimum atomic E-state index is 0.810. The molecule has 0 bridgehead atoms. The highest BCUT2D eigenvalue weighted by Gasteiger charge is 2.04. The molecule has 2 aromatic heterocycles. The van der Waals surface area contributed by atoms with Crippen molar-refractivity contribution in [1.82, 2.24) is 0 Å². The largest absolute Gasteiger partial charge is 0.287 e. The molecule has 0 aliphatic rings. The summed E-state index contributed by atoms with van der Waals surface area (Å²) in [5.74, 6) is 1.62. The Kier molecular flexibility index (Phi) is 4.12. The third-order valence-electron chi connectivity index (χ3n) is 3.00. The minimum absolute atomic E-state index is 0.810. The summed E-state index contributed by atoms with van der Waals surface area (Å²) in [5, 5.41) is 0. The molecular formula is C14H20N4+2. The van der Waals surface area contributed by atoms with Gasteiger partial charge in [0, 0.05) is 12.1 Å². The van der Waals surface area contributed by atoms with Gasteiger partial charge in [-0.25, -0.2) is 9.13 Å². The summed E-state index contributed by atoms with van der Waals surface area (Å²) in [7, 11) is 0. The molecule has 0 spiro atoms. The van der Waals surface area contributed by atoms with Crippen LogP contribution >= 0.6 is 0 Å². The van der Waals surface area contributed by atoms with Crippen molar-refractivity contribution in [3.05, 3.63) is 48.8 Å². The second kappa shape index (κ2) is 6.00. The lowest BCUT2D eigenvalue weighted by Crippen LogP contribution is -2.39. The molecule has 0 saturated heterocycles. The van der Waals surface area contributed by atoms with Crippen molar-refractivity contribution in [2.75, 3.05) is 11.5 Å². The minimum Gasteiger partial charge on any atom is -0.287 e. The zero-order chi connectivity index (χ0) is 12.8. The molecule has 4 nitrogen and oxygen atoms in total. The number of nitrogens with zero attached hydrogens (tertiary/aromatic N) is 2. The van der Waals surface area contributed by atoms with Crippen LogP contribution in [0, 0.1) is 0 Å². The van der Waals surface area contributed by atoms with Gasteiger partial charge in [-0.3, -0.25) is 11.5 Å². The van der Waals surface area contributed by atoms with Crippen molar-refractivity contribution in [1.29, 1.82) is 0 Å². The van der Waals surface area contributed by atoms with E-state index in [9.17, 15) is 0 Å². The number of aryl methyl sites for hydroxylation is 2. The summed E-state index contributed by atoms with van der Waals surface area (Å²) >= 11 is 0. The predicted molar refractivity (Wildman–Crippen MR) is 71.3 cm³/mol. The molecule has 0 amide bonds. The predicted octanol–water partition coefficient (Wildman–Crippen LogP) is 0.906. The monoisotopic (exact) mass is 244 g/mol. The first-order valence-electron chi connectivity index (χ1n) is 6.25. The Morgan fingerprint density at radius 2 is 1.17 bits per heavy atom. The molecule has 94 valence electrons. The highest BCUT2D eigenvalue weighted by molar-refractivity contribution is 5.19. The molecule has 0 radical (unpaired) electrons. The Morgan fingerprint density at radius 3 is 1.56 bits per heavy atom. The van der Waals surface area contributed by atoms with Crippen molar-refractivity contribution in [3.8, 4) is 0 Å². The van der Waals surface area contributed by atoms with Gasteiger partial charge in [0.15, 0.2) is 0 Å².